The standard InChI is InChI=1S/C15H20N2O2/c1-11(10-18-14-7-5-4-6-8-14)16-9-15-12(2)17-19-13(15)3/h4-8,11,16H,9-10H2,1-3H3. The minimum Gasteiger partial charge on any atom is -0.492 e. The summed E-state index contributed by atoms with van der Waals surface area (Å²) in [4.78, 5) is 0. The summed E-state index contributed by atoms with van der Waals surface area (Å²) >= 11 is 0. The van der Waals surface area contributed by atoms with E-state index >= 15 is 0 Å². The van der Waals surface area contributed by atoms with Gasteiger partial charge in [-0.1, -0.05) is 23.4 Å². The van der Waals surface area contributed by atoms with Crippen molar-refractivity contribution in [2.45, 2.75) is 33.4 Å². The number of rotatable bonds is 6. The molecule has 0 amide bonds. The SMILES string of the molecule is Cc1noc(C)c1CNC(C)COc1ccccc1. The first kappa shape index (κ1) is 13.6. The number of ether oxygens (including phenoxy) is 1. The fourth-order valence-corrected chi connectivity index (χ4v) is 1.83. The summed E-state index contributed by atoms with van der Waals surface area (Å²) in [6, 6.07) is 10.1. The first-order valence-corrected chi connectivity index (χ1v) is 6.50. The summed E-state index contributed by atoms with van der Waals surface area (Å²) in [5.74, 6) is 1.77. The maximum Gasteiger partial charge on any atom is 0.138 e. The largest absolute Gasteiger partial charge is 0.492 e. The predicted octanol–water partition coefficient (Wildman–Crippen LogP) is 2.85. The van der Waals surface area contributed by atoms with Gasteiger partial charge in [-0.05, 0) is 32.9 Å². The van der Waals surface area contributed by atoms with Gasteiger partial charge >= 0.3 is 0 Å². The number of benzene rings is 1. The normalized spacial score (nSPS) is 12.4. The molecule has 1 aromatic heterocycles. The van der Waals surface area contributed by atoms with E-state index in [0.29, 0.717) is 6.61 Å². The maximum absolute atomic E-state index is 5.70. The number of para-hydroxylation sites is 1. The Hall–Kier alpha value is -1.81. The van der Waals surface area contributed by atoms with Crippen LogP contribution in [0.2, 0.25) is 0 Å². The summed E-state index contributed by atoms with van der Waals surface area (Å²) in [5, 5.41) is 7.35. The van der Waals surface area contributed by atoms with Crippen LogP contribution in [0.15, 0.2) is 34.9 Å². The van der Waals surface area contributed by atoms with Gasteiger partial charge in [0.05, 0.1) is 5.69 Å². The summed E-state index contributed by atoms with van der Waals surface area (Å²) < 4.78 is 10.8. The minimum absolute atomic E-state index is 0.258. The zero-order valence-electron chi connectivity index (χ0n) is 11.6. The molecule has 0 aliphatic carbocycles. The van der Waals surface area contributed by atoms with Crippen LogP contribution in [0.5, 0.6) is 5.75 Å². The van der Waals surface area contributed by atoms with Crippen molar-refractivity contribution in [3.05, 3.63) is 47.3 Å². The van der Waals surface area contributed by atoms with Crippen LogP contribution in [-0.4, -0.2) is 17.8 Å². The second-order valence-corrected chi connectivity index (χ2v) is 4.71. The molecule has 0 aliphatic rings. The molecule has 2 aromatic rings. The quantitative estimate of drug-likeness (QED) is 0.867. The fraction of sp³-hybridized carbons (Fsp3) is 0.400. The lowest BCUT2D eigenvalue weighted by atomic mass is 10.2. The topological polar surface area (TPSA) is 47.3 Å². The number of aryl methyl sites for hydroxylation is 2. The van der Waals surface area contributed by atoms with Crippen LogP contribution < -0.4 is 10.1 Å². The van der Waals surface area contributed by atoms with Crippen LogP contribution >= 0.6 is 0 Å². The maximum atomic E-state index is 5.70. The minimum atomic E-state index is 0.258. The lowest BCUT2D eigenvalue weighted by Crippen LogP contribution is -2.31. The Balaban J connectivity index is 1.77. The molecule has 1 heterocycles. The molecule has 1 N–H and O–H groups in total. The molecule has 4 heteroatoms. The van der Waals surface area contributed by atoms with E-state index in [-0.39, 0.29) is 6.04 Å². The molecule has 0 aliphatic heterocycles. The number of hydrogen-bond acceptors (Lipinski definition) is 4. The average molecular weight is 260 g/mol. The molecule has 4 nitrogen and oxygen atoms in total. The summed E-state index contributed by atoms with van der Waals surface area (Å²) in [6.45, 7) is 7.37. The van der Waals surface area contributed by atoms with E-state index in [9.17, 15) is 0 Å². The molecule has 0 saturated carbocycles. The Morgan fingerprint density at radius 2 is 2.00 bits per heavy atom. The molecule has 19 heavy (non-hydrogen) atoms. The van der Waals surface area contributed by atoms with Crippen molar-refractivity contribution >= 4 is 0 Å². The molecular weight excluding hydrogens is 240 g/mol. The van der Waals surface area contributed by atoms with E-state index < -0.39 is 0 Å². The Kier molecular flexibility index (Phi) is 4.58. The summed E-state index contributed by atoms with van der Waals surface area (Å²) in [7, 11) is 0. The lowest BCUT2D eigenvalue weighted by molar-refractivity contribution is 0.272. The molecule has 102 valence electrons. The summed E-state index contributed by atoms with van der Waals surface area (Å²) in [5.41, 5.74) is 2.08. The van der Waals surface area contributed by atoms with Crippen molar-refractivity contribution < 1.29 is 9.26 Å². The van der Waals surface area contributed by atoms with Gasteiger partial charge in [0.25, 0.3) is 0 Å². The molecule has 0 spiro atoms. The third kappa shape index (κ3) is 3.83. The number of hydrogen-bond donors (Lipinski definition) is 1. The fourth-order valence-electron chi connectivity index (χ4n) is 1.83. The molecular formula is C15H20N2O2. The van der Waals surface area contributed by atoms with E-state index in [1.807, 2.05) is 44.2 Å². The zero-order valence-corrected chi connectivity index (χ0v) is 11.6. The van der Waals surface area contributed by atoms with Crippen molar-refractivity contribution in [1.29, 1.82) is 0 Å². The van der Waals surface area contributed by atoms with Gasteiger partial charge in [0.1, 0.15) is 18.1 Å². The molecule has 0 radical (unpaired) electrons. The number of aromatic nitrogens is 1. The Labute approximate surface area is 113 Å². The number of nitrogens with zero attached hydrogens (tertiary/aromatic N) is 1. The second kappa shape index (κ2) is 6.38. The van der Waals surface area contributed by atoms with Crippen LogP contribution in [0.3, 0.4) is 0 Å². The Bertz CT molecular complexity index is 489. The zero-order chi connectivity index (χ0) is 13.7. The van der Waals surface area contributed by atoms with E-state index in [4.69, 9.17) is 9.26 Å². The predicted molar refractivity (Wildman–Crippen MR) is 74.2 cm³/mol. The first-order valence-electron chi connectivity index (χ1n) is 6.50. The van der Waals surface area contributed by atoms with Crippen molar-refractivity contribution in [2.75, 3.05) is 6.61 Å². The molecule has 0 bridgehead atoms. The summed E-state index contributed by atoms with van der Waals surface area (Å²) in [6.07, 6.45) is 0. The van der Waals surface area contributed by atoms with Gasteiger partial charge in [-0.25, -0.2) is 0 Å². The van der Waals surface area contributed by atoms with E-state index in [1.165, 1.54) is 0 Å². The van der Waals surface area contributed by atoms with Crippen LogP contribution in [0.1, 0.15) is 23.9 Å². The molecule has 1 atom stereocenters. The van der Waals surface area contributed by atoms with E-state index in [0.717, 1.165) is 29.3 Å². The number of nitrogens with one attached hydrogen (secondary N) is 1. The van der Waals surface area contributed by atoms with Gasteiger partial charge in [-0.15, -0.1) is 0 Å². The van der Waals surface area contributed by atoms with Crippen molar-refractivity contribution in [2.24, 2.45) is 0 Å². The van der Waals surface area contributed by atoms with Crippen molar-refractivity contribution in [1.82, 2.24) is 10.5 Å². The van der Waals surface area contributed by atoms with Gasteiger partial charge < -0.3 is 14.6 Å². The molecule has 2 rings (SSSR count). The van der Waals surface area contributed by atoms with Gasteiger partial charge in [-0.2, -0.15) is 0 Å². The Morgan fingerprint density at radius 1 is 1.26 bits per heavy atom. The smallest absolute Gasteiger partial charge is 0.138 e. The third-order valence-electron chi connectivity index (χ3n) is 3.05. The van der Waals surface area contributed by atoms with Crippen molar-refractivity contribution in [3.8, 4) is 5.75 Å². The van der Waals surface area contributed by atoms with Gasteiger partial charge in [0, 0.05) is 18.2 Å². The molecule has 1 unspecified atom stereocenters. The highest BCUT2D eigenvalue weighted by Crippen LogP contribution is 2.12. The highest BCUT2D eigenvalue weighted by atomic mass is 16.5. The highest BCUT2D eigenvalue weighted by molar-refractivity contribution is 5.21. The van der Waals surface area contributed by atoms with Crippen LogP contribution in [-0.2, 0) is 6.54 Å². The van der Waals surface area contributed by atoms with Gasteiger partial charge in [-0.3, -0.25) is 0 Å². The van der Waals surface area contributed by atoms with E-state index in [2.05, 4.69) is 17.4 Å². The monoisotopic (exact) mass is 260 g/mol. The van der Waals surface area contributed by atoms with Gasteiger partial charge in [0.2, 0.25) is 0 Å². The van der Waals surface area contributed by atoms with Crippen LogP contribution in [0.25, 0.3) is 0 Å². The van der Waals surface area contributed by atoms with Crippen LogP contribution in [0.4, 0.5) is 0 Å². The van der Waals surface area contributed by atoms with E-state index in [1.54, 1.807) is 0 Å². The average Bonchev–Trinajstić information content (AvgIpc) is 2.75. The van der Waals surface area contributed by atoms with Gasteiger partial charge in [0.15, 0.2) is 0 Å². The molecule has 0 saturated heterocycles. The Morgan fingerprint density at radius 3 is 2.63 bits per heavy atom. The first-order chi connectivity index (χ1) is 9.16. The second-order valence-electron chi connectivity index (χ2n) is 4.71. The molecule has 0 fully saturated rings. The van der Waals surface area contributed by atoms with Crippen LogP contribution in [0, 0.1) is 13.8 Å². The molecule has 1 aromatic carbocycles. The highest BCUT2D eigenvalue weighted by Gasteiger charge is 2.10. The third-order valence-corrected chi connectivity index (χ3v) is 3.05. The lowest BCUT2D eigenvalue weighted by Gasteiger charge is -2.14. The van der Waals surface area contributed by atoms with Crippen molar-refractivity contribution in [3.63, 3.8) is 0 Å².